The minimum Gasteiger partial charge on any atom is -0.310 e. The van der Waals surface area contributed by atoms with Gasteiger partial charge in [-0.1, -0.05) is 18.2 Å². The number of benzene rings is 1. The minimum absolute atomic E-state index is 0.151. The molecule has 0 aliphatic carbocycles. The molecule has 0 saturated carbocycles. The van der Waals surface area contributed by atoms with E-state index in [1.165, 1.54) is 6.07 Å². The number of halogens is 1. The van der Waals surface area contributed by atoms with Crippen molar-refractivity contribution in [2.24, 2.45) is 0 Å². The second-order valence-corrected chi connectivity index (χ2v) is 4.17. The normalized spacial score (nSPS) is 12.4. The molecule has 15 heavy (non-hydrogen) atoms. The van der Waals surface area contributed by atoms with Crippen LogP contribution < -0.4 is 5.32 Å². The molecule has 0 bridgehead atoms. The number of hydrogen-bond acceptors (Lipinski definition) is 3. The zero-order valence-electron chi connectivity index (χ0n) is 8.57. The van der Waals surface area contributed by atoms with Crippen LogP contribution in [0.2, 0.25) is 0 Å². The highest BCUT2D eigenvalue weighted by molar-refractivity contribution is 7.98. The first kappa shape index (κ1) is 12.2. The van der Waals surface area contributed by atoms with Crippen LogP contribution >= 0.6 is 11.8 Å². The van der Waals surface area contributed by atoms with Gasteiger partial charge in [-0.2, -0.15) is 11.8 Å². The third kappa shape index (κ3) is 4.01. The zero-order chi connectivity index (χ0) is 11.1. The Morgan fingerprint density at radius 2 is 2.27 bits per heavy atom. The second-order valence-electron chi connectivity index (χ2n) is 3.14. The highest BCUT2D eigenvalue weighted by Crippen LogP contribution is 2.15. The summed E-state index contributed by atoms with van der Waals surface area (Å²) in [7, 11) is 1.74. The molecule has 0 saturated heterocycles. The number of rotatable bonds is 6. The lowest BCUT2D eigenvalue weighted by atomic mass is 10.2. The molecule has 1 atom stereocenters. The molecule has 0 amide bonds. The predicted molar refractivity (Wildman–Crippen MR) is 61.5 cm³/mol. The first-order valence-corrected chi connectivity index (χ1v) is 5.87. The van der Waals surface area contributed by atoms with Gasteiger partial charge in [0.2, 0.25) is 0 Å². The van der Waals surface area contributed by atoms with E-state index < -0.39 is 0 Å². The Labute approximate surface area is 93.3 Å². The van der Waals surface area contributed by atoms with Gasteiger partial charge in [0.25, 0.3) is 0 Å². The molecule has 2 nitrogen and oxygen atoms in total. The molecule has 1 N–H and O–H groups in total. The van der Waals surface area contributed by atoms with Gasteiger partial charge in [0.15, 0.2) is 0 Å². The van der Waals surface area contributed by atoms with Crippen molar-refractivity contribution in [3.63, 3.8) is 0 Å². The molecule has 1 aromatic rings. The molecule has 1 aromatic carbocycles. The van der Waals surface area contributed by atoms with E-state index in [0.717, 1.165) is 6.29 Å². The lowest BCUT2D eigenvalue weighted by molar-refractivity contribution is -0.109. The van der Waals surface area contributed by atoms with Crippen LogP contribution in [0.25, 0.3) is 0 Å². The first-order valence-electron chi connectivity index (χ1n) is 4.71. The molecular weight excluding hydrogens is 213 g/mol. The summed E-state index contributed by atoms with van der Waals surface area (Å²) in [4.78, 5) is 10.5. The monoisotopic (exact) mass is 227 g/mol. The SMILES string of the molecule is CNC(C=O)CSCc1ccccc1F. The maximum atomic E-state index is 13.2. The molecule has 1 unspecified atom stereocenters. The van der Waals surface area contributed by atoms with Crippen molar-refractivity contribution in [1.82, 2.24) is 5.32 Å². The fraction of sp³-hybridized carbons (Fsp3) is 0.364. The highest BCUT2D eigenvalue weighted by atomic mass is 32.2. The minimum atomic E-state index is -0.183. The number of carbonyl (C=O) groups is 1. The predicted octanol–water partition coefficient (Wildman–Crippen LogP) is 1.85. The molecular formula is C11H14FNOS. The van der Waals surface area contributed by atoms with Crippen LogP contribution in [0.3, 0.4) is 0 Å². The fourth-order valence-electron chi connectivity index (χ4n) is 1.10. The molecule has 0 fully saturated rings. The summed E-state index contributed by atoms with van der Waals surface area (Å²) in [5.74, 6) is 1.07. The average Bonchev–Trinajstić information content (AvgIpc) is 2.27. The van der Waals surface area contributed by atoms with Gasteiger partial charge in [-0.25, -0.2) is 4.39 Å². The van der Waals surface area contributed by atoms with E-state index >= 15 is 0 Å². The fourth-order valence-corrected chi connectivity index (χ4v) is 2.17. The molecule has 0 aliphatic heterocycles. The van der Waals surface area contributed by atoms with Crippen LogP contribution in [-0.4, -0.2) is 25.1 Å². The van der Waals surface area contributed by atoms with Crippen LogP contribution in [0, 0.1) is 5.82 Å². The summed E-state index contributed by atoms with van der Waals surface area (Å²) < 4.78 is 13.2. The van der Waals surface area contributed by atoms with E-state index in [-0.39, 0.29) is 11.9 Å². The third-order valence-corrected chi connectivity index (χ3v) is 3.16. The van der Waals surface area contributed by atoms with E-state index in [1.54, 1.807) is 30.9 Å². The summed E-state index contributed by atoms with van der Waals surface area (Å²) in [5.41, 5.74) is 0.684. The summed E-state index contributed by atoms with van der Waals surface area (Å²) >= 11 is 1.54. The molecule has 0 aliphatic rings. The lowest BCUT2D eigenvalue weighted by Crippen LogP contribution is -2.29. The van der Waals surface area contributed by atoms with Gasteiger partial charge < -0.3 is 10.1 Å². The number of nitrogens with one attached hydrogen (secondary N) is 1. The Morgan fingerprint density at radius 1 is 1.53 bits per heavy atom. The number of aldehydes is 1. The van der Waals surface area contributed by atoms with Gasteiger partial charge in [-0.05, 0) is 18.7 Å². The Hall–Kier alpha value is -0.870. The lowest BCUT2D eigenvalue weighted by Gasteiger charge is -2.08. The van der Waals surface area contributed by atoms with Crippen molar-refractivity contribution >= 4 is 18.0 Å². The van der Waals surface area contributed by atoms with Gasteiger partial charge in [0.05, 0.1) is 6.04 Å². The maximum Gasteiger partial charge on any atom is 0.137 e. The molecule has 82 valence electrons. The van der Waals surface area contributed by atoms with Crippen molar-refractivity contribution in [3.05, 3.63) is 35.6 Å². The zero-order valence-corrected chi connectivity index (χ0v) is 9.39. The Morgan fingerprint density at radius 3 is 2.87 bits per heavy atom. The van der Waals surface area contributed by atoms with Crippen LogP contribution in [0.4, 0.5) is 4.39 Å². The highest BCUT2D eigenvalue weighted by Gasteiger charge is 2.05. The standard InChI is InChI=1S/C11H14FNOS/c1-13-10(6-14)8-15-7-9-4-2-3-5-11(9)12/h2-6,10,13H,7-8H2,1H3. The van der Waals surface area contributed by atoms with E-state index in [1.807, 2.05) is 6.07 Å². The Balaban J connectivity index is 2.37. The number of carbonyl (C=O) groups excluding carboxylic acids is 1. The van der Waals surface area contributed by atoms with Gasteiger partial charge in [0.1, 0.15) is 12.1 Å². The number of thioether (sulfide) groups is 1. The van der Waals surface area contributed by atoms with E-state index in [2.05, 4.69) is 5.32 Å². The third-order valence-electron chi connectivity index (χ3n) is 2.05. The van der Waals surface area contributed by atoms with Gasteiger partial charge in [-0.15, -0.1) is 0 Å². The van der Waals surface area contributed by atoms with Crippen LogP contribution in [0.15, 0.2) is 24.3 Å². The summed E-state index contributed by atoms with van der Waals surface area (Å²) in [6, 6.07) is 6.55. The smallest absolute Gasteiger partial charge is 0.137 e. The van der Waals surface area contributed by atoms with Crippen LogP contribution in [-0.2, 0) is 10.5 Å². The van der Waals surface area contributed by atoms with Gasteiger partial charge in [0, 0.05) is 11.5 Å². The van der Waals surface area contributed by atoms with Crippen LogP contribution in [0.1, 0.15) is 5.56 Å². The summed E-state index contributed by atoms with van der Waals surface area (Å²) in [5, 5.41) is 2.87. The van der Waals surface area contributed by atoms with Crippen molar-refractivity contribution in [1.29, 1.82) is 0 Å². The first-order chi connectivity index (χ1) is 7.27. The van der Waals surface area contributed by atoms with Crippen molar-refractivity contribution < 1.29 is 9.18 Å². The molecule has 0 spiro atoms. The molecule has 0 radical (unpaired) electrons. The van der Waals surface area contributed by atoms with Gasteiger partial charge in [-0.3, -0.25) is 0 Å². The van der Waals surface area contributed by atoms with Crippen molar-refractivity contribution in [2.45, 2.75) is 11.8 Å². The maximum absolute atomic E-state index is 13.2. The van der Waals surface area contributed by atoms with Gasteiger partial charge >= 0.3 is 0 Å². The Kier molecular flexibility index (Phi) is 5.36. The van der Waals surface area contributed by atoms with E-state index in [0.29, 0.717) is 17.1 Å². The van der Waals surface area contributed by atoms with Crippen LogP contribution in [0.5, 0.6) is 0 Å². The number of likely N-dealkylation sites (N-methyl/N-ethyl adjacent to an activating group) is 1. The molecule has 0 heterocycles. The number of hydrogen-bond donors (Lipinski definition) is 1. The van der Waals surface area contributed by atoms with E-state index in [9.17, 15) is 9.18 Å². The average molecular weight is 227 g/mol. The molecule has 1 rings (SSSR count). The summed E-state index contributed by atoms with van der Waals surface area (Å²) in [6.45, 7) is 0. The van der Waals surface area contributed by atoms with E-state index in [4.69, 9.17) is 0 Å². The molecule has 0 aromatic heterocycles. The Bertz CT molecular complexity index is 319. The quantitative estimate of drug-likeness (QED) is 0.752. The molecule has 4 heteroatoms. The topological polar surface area (TPSA) is 29.1 Å². The van der Waals surface area contributed by atoms with Crippen molar-refractivity contribution in [2.75, 3.05) is 12.8 Å². The largest absolute Gasteiger partial charge is 0.310 e. The van der Waals surface area contributed by atoms with Crippen molar-refractivity contribution in [3.8, 4) is 0 Å². The summed E-state index contributed by atoms with van der Waals surface area (Å²) in [6.07, 6.45) is 0.869. The second kappa shape index (κ2) is 6.58.